The average Bonchev–Trinajstić information content (AvgIpc) is 3.05. The molecule has 1 unspecified atom stereocenters. The van der Waals surface area contributed by atoms with Crippen molar-refractivity contribution in [3.63, 3.8) is 0 Å². The number of aryl methyl sites for hydroxylation is 1. The molecule has 20 heavy (non-hydrogen) atoms. The highest BCUT2D eigenvalue weighted by atomic mass is 32.1. The number of rotatable bonds is 5. The van der Waals surface area contributed by atoms with Gasteiger partial charge in [-0.1, -0.05) is 5.16 Å². The molecule has 2 aromatic heterocycles. The van der Waals surface area contributed by atoms with Gasteiger partial charge in [-0.3, -0.25) is 0 Å². The quantitative estimate of drug-likeness (QED) is 0.768. The molecular formula is C12H16N4O3S. The summed E-state index contributed by atoms with van der Waals surface area (Å²) in [5.41, 5.74) is -0.323. The zero-order valence-corrected chi connectivity index (χ0v) is 12.0. The Bertz CT molecular complexity index is 565. The molecule has 0 aliphatic carbocycles. The lowest BCUT2D eigenvalue weighted by atomic mass is 9.99. The van der Waals surface area contributed by atoms with E-state index in [1.165, 1.54) is 11.3 Å². The minimum atomic E-state index is -1.10. The van der Waals surface area contributed by atoms with Crippen LogP contribution in [0.3, 0.4) is 0 Å². The van der Waals surface area contributed by atoms with E-state index in [1.54, 1.807) is 13.8 Å². The standard InChI is InChI=1S/C12H16N4O3S/c1-8-15-10(16-19-8)5-13-11(17)14-7-12(2,18)9-3-4-20-6-9/h3-4,6,18H,5,7H2,1-2H3,(H2,13,14,17). The van der Waals surface area contributed by atoms with Gasteiger partial charge in [0.15, 0.2) is 5.82 Å². The lowest BCUT2D eigenvalue weighted by Gasteiger charge is -2.22. The highest BCUT2D eigenvalue weighted by Gasteiger charge is 2.24. The molecule has 0 saturated heterocycles. The highest BCUT2D eigenvalue weighted by molar-refractivity contribution is 7.08. The van der Waals surface area contributed by atoms with E-state index in [2.05, 4.69) is 20.8 Å². The minimum absolute atomic E-state index is 0.112. The van der Waals surface area contributed by atoms with Gasteiger partial charge in [-0.05, 0) is 29.3 Å². The largest absolute Gasteiger partial charge is 0.384 e. The Morgan fingerprint density at radius 1 is 1.55 bits per heavy atom. The molecule has 0 aliphatic heterocycles. The predicted molar refractivity (Wildman–Crippen MR) is 73.2 cm³/mol. The summed E-state index contributed by atoms with van der Waals surface area (Å²) in [6, 6.07) is 1.43. The number of carbonyl (C=O) groups is 1. The van der Waals surface area contributed by atoms with Crippen molar-refractivity contribution in [1.29, 1.82) is 0 Å². The van der Waals surface area contributed by atoms with Crippen LogP contribution in [0.25, 0.3) is 0 Å². The van der Waals surface area contributed by atoms with Crippen molar-refractivity contribution < 1.29 is 14.4 Å². The summed E-state index contributed by atoms with van der Waals surface area (Å²) in [7, 11) is 0. The number of nitrogens with zero attached hydrogens (tertiary/aromatic N) is 2. The van der Waals surface area contributed by atoms with Crippen LogP contribution in [0.5, 0.6) is 0 Å². The van der Waals surface area contributed by atoms with E-state index >= 15 is 0 Å². The number of hydrogen-bond acceptors (Lipinski definition) is 6. The number of carbonyl (C=O) groups excluding carboxylic acids is 1. The normalized spacial score (nSPS) is 13.8. The maximum atomic E-state index is 11.6. The molecule has 2 heterocycles. The van der Waals surface area contributed by atoms with E-state index in [0.29, 0.717) is 11.7 Å². The summed E-state index contributed by atoms with van der Waals surface area (Å²) < 4.78 is 4.79. The molecule has 2 aromatic rings. The lowest BCUT2D eigenvalue weighted by molar-refractivity contribution is 0.0598. The first-order valence-corrected chi connectivity index (χ1v) is 6.97. The van der Waals surface area contributed by atoms with Gasteiger partial charge in [0.25, 0.3) is 0 Å². The fourth-order valence-electron chi connectivity index (χ4n) is 1.56. The number of amides is 2. The molecule has 2 rings (SSSR count). The third-order valence-electron chi connectivity index (χ3n) is 2.71. The molecule has 1 atom stereocenters. The van der Waals surface area contributed by atoms with Crippen molar-refractivity contribution in [3.05, 3.63) is 34.1 Å². The zero-order chi connectivity index (χ0) is 14.6. The van der Waals surface area contributed by atoms with E-state index in [9.17, 15) is 9.90 Å². The maximum absolute atomic E-state index is 11.6. The van der Waals surface area contributed by atoms with Gasteiger partial charge in [-0.15, -0.1) is 0 Å². The van der Waals surface area contributed by atoms with Crippen LogP contribution in [0, 0.1) is 6.92 Å². The predicted octanol–water partition coefficient (Wildman–Crippen LogP) is 1.15. The van der Waals surface area contributed by atoms with Crippen LogP contribution in [-0.4, -0.2) is 27.8 Å². The van der Waals surface area contributed by atoms with Gasteiger partial charge in [-0.2, -0.15) is 16.3 Å². The third-order valence-corrected chi connectivity index (χ3v) is 3.40. The Balaban J connectivity index is 1.77. The Hall–Kier alpha value is -1.93. The smallest absolute Gasteiger partial charge is 0.315 e. The molecule has 108 valence electrons. The van der Waals surface area contributed by atoms with Crippen LogP contribution in [0.4, 0.5) is 4.79 Å². The van der Waals surface area contributed by atoms with E-state index in [1.807, 2.05) is 16.8 Å². The summed E-state index contributed by atoms with van der Waals surface area (Å²) in [6.07, 6.45) is 0. The van der Waals surface area contributed by atoms with Crippen LogP contribution in [0.2, 0.25) is 0 Å². The first-order valence-electron chi connectivity index (χ1n) is 6.03. The van der Waals surface area contributed by atoms with Gasteiger partial charge in [0.1, 0.15) is 5.60 Å². The van der Waals surface area contributed by atoms with Gasteiger partial charge in [-0.25, -0.2) is 4.79 Å². The summed E-state index contributed by atoms with van der Waals surface area (Å²) in [4.78, 5) is 15.6. The van der Waals surface area contributed by atoms with E-state index in [0.717, 1.165) is 5.56 Å². The molecule has 8 heteroatoms. The molecule has 0 aliphatic rings. The summed E-state index contributed by atoms with van der Waals surface area (Å²) in [6.45, 7) is 3.61. The van der Waals surface area contributed by atoms with Crippen molar-refractivity contribution >= 4 is 17.4 Å². The Kier molecular flexibility index (Phi) is 4.35. The number of hydrogen-bond donors (Lipinski definition) is 3. The van der Waals surface area contributed by atoms with Gasteiger partial charge in [0, 0.05) is 6.92 Å². The van der Waals surface area contributed by atoms with Crippen LogP contribution >= 0.6 is 11.3 Å². The number of thiophene rings is 1. The molecule has 0 fully saturated rings. The molecule has 3 N–H and O–H groups in total. The second-order valence-corrected chi connectivity index (χ2v) is 5.33. The lowest BCUT2D eigenvalue weighted by Crippen LogP contribution is -2.43. The monoisotopic (exact) mass is 296 g/mol. The minimum Gasteiger partial charge on any atom is -0.384 e. The second-order valence-electron chi connectivity index (χ2n) is 4.55. The number of aromatic nitrogens is 2. The SMILES string of the molecule is Cc1nc(CNC(=O)NCC(C)(O)c2ccsc2)no1. The number of urea groups is 1. The Morgan fingerprint density at radius 2 is 2.35 bits per heavy atom. The maximum Gasteiger partial charge on any atom is 0.315 e. The highest BCUT2D eigenvalue weighted by Crippen LogP contribution is 2.21. The first kappa shape index (κ1) is 14.5. The molecule has 0 radical (unpaired) electrons. The van der Waals surface area contributed by atoms with Crippen LogP contribution in [0.15, 0.2) is 21.3 Å². The van der Waals surface area contributed by atoms with Gasteiger partial charge >= 0.3 is 6.03 Å². The van der Waals surface area contributed by atoms with Gasteiger partial charge < -0.3 is 20.3 Å². The van der Waals surface area contributed by atoms with Crippen molar-refractivity contribution in [2.24, 2.45) is 0 Å². The van der Waals surface area contributed by atoms with Crippen LogP contribution in [-0.2, 0) is 12.1 Å². The average molecular weight is 296 g/mol. The van der Waals surface area contributed by atoms with E-state index in [4.69, 9.17) is 4.52 Å². The van der Waals surface area contributed by atoms with Crippen LogP contribution < -0.4 is 10.6 Å². The van der Waals surface area contributed by atoms with E-state index < -0.39 is 11.6 Å². The van der Waals surface area contributed by atoms with Crippen molar-refractivity contribution in [2.45, 2.75) is 26.0 Å². The van der Waals surface area contributed by atoms with Crippen molar-refractivity contribution in [2.75, 3.05) is 6.54 Å². The number of nitrogens with one attached hydrogen (secondary N) is 2. The molecule has 0 bridgehead atoms. The fraction of sp³-hybridized carbons (Fsp3) is 0.417. The Labute approximate surface area is 120 Å². The molecule has 7 nitrogen and oxygen atoms in total. The first-order chi connectivity index (χ1) is 9.47. The van der Waals surface area contributed by atoms with Gasteiger partial charge in [0.05, 0.1) is 13.1 Å². The summed E-state index contributed by atoms with van der Waals surface area (Å²) in [5, 5.41) is 22.8. The third kappa shape index (κ3) is 3.78. The topological polar surface area (TPSA) is 100 Å². The second kappa shape index (κ2) is 6.02. The molecular weight excluding hydrogens is 280 g/mol. The summed E-state index contributed by atoms with van der Waals surface area (Å²) in [5.74, 6) is 0.852. The molecule has 0 saturated carbocycles. The Morgan fingerprint density at radius 3 is 2.95 bits per heavy atom. The number of aliphatic hydroxyl groups is 1. The van der Waals surface area contributed by atoms with Crippen molar-refractivity contribution in [3.8, 4) is 0 Å². The van der Waals surface area contributed by atoms with Crippen LogP contribution in [0.1, 0.15) is 24.2 Å². The zero-order valence-electron chi connectivity index (χ0n) is 11.2. The molecule has 0 spiro atoms. The molecule has 0 aromatic carbocycles. The van der Waals surface area contributed by atoms with E-state index in [-0.39, 0.29) is 13.1 Å². The molecule has 2 amide bonds. The van der Waals surface area contributed by atoms with Crippen molar-refractivity contribution in [1.82, 2.24) is 20.8 Å². The van der Waals surface area contributed by atoms with Gasteiger partial charge in [0.2, 0.25) is 5.89 Å². The summed E-state index contributed by atoms with van der Waals surface area (Å²) >= 11 is 1.50. The fourth-order valence-corrected chi connectivity index (χ4v) is 2.34.